The van der Waals surface area contributed by atoms with Crippen LogP contribution in [0.15, 0.2) is 0 Å². The summed E-state index contributed by atoms with van der Waals surface area (Å²) in [6.45, 7) is -0.0670. The number of urea groups is 1. The van der Waals surface area contributed by atoms with Crippen LogP contribution >= 0.6 is 0 Å². The van der Waals surface area contributed by atoms with Crippen LogP contribution in [0.25, 0.3) is 0 Å². The number of nitrogens with one attached hydrogen (secondary N) is 1. The quantitative estimate of drug-likeness (QED) is 0.509. The number of aliphatic hydroxyl groups is 2. The molecule has 0 unspecified atom stereocenters. The number of rotatable bonds is 7. The molecule has 0 radical (unpaired) electrons. The molecular weight excluding hydrogens is 276 g/mol. The average molecular weight is 302 g/mol. The Morgan fingerprint density at radius 1 is 1.00 bits per heavy atom. The van der Waals surface area contributed by atoms with Crippen molar-refractivity contribution in [2.24, 2.45) is 5.41 Å². The molecule has 0 aromatic rings. The van der Waals surface area contributed by atoms with Gasteiger partial charge in [-0.05, 0) is 12.8 Å². The third-order valence-electron chi connectivity index (χ3n) is 4.12. The van der Waals surface area contributed by atoms with Gasteiger partial charge in [0.15, 0.2) is 0 Å². The largest absolute Gasteiger partial charge is 0.481 e. The smallest absolute Gasteiger partial charge is 0.317 e. The number of aliphatic carboxylic acids is 1. The zero-order chi connectivity index (χ0) is 15.7. The molecule has 7 nitrogen and oxygen atoms in total. The van der Waals surface area contributed by atoms with Crippen LogP contribution in [-0.4, -0.2) is 65.1 Å². The number of hydrogen-bond acceptors (Lipinski definition) is 4. The molecule has 1 rings (SSSR count). The Balaban J connectivity index is 2.63. The summed E-state index contributed by atoms with van der Waals surface area (Å²) in [6.07, 6.45) is 4.93. The van der Waals surface area contributed by atoms with Gasteiger partial charge in [-0.15, -0.1) is 0 Å². The van der Waals surface area contributed by atoms with Crippen LogP contribution in [0.4, 0.5) is 4.79 Å². The van der Waals surface area contributed by atoms with Gasteiger partial charge in [-0.25, -0.2) is 4.79 Å². The fourth-order valence-electron chi connectivity index (χ4n) is 2.78. The van der Waals surface area contributed by atoms with E-state index >= 15 is 0 Å². The molecule has 4 N–H and O–H groups in total. The number of aliphatic hydroxyl groups excluding tert-OH is 2. The predicted molar refractivity (Wildman–Crippen MR) is 76.9 cm³/mol. The van der Waals surface area contributed by atoms with Crippen molar-refractivity contribution in [1.29, 1.82) is 0 Å². The predicted octanol–water partition coefficient (Wildman–Crippen LogP) is 0.408. The van der Waals surface area contributed by atoms with Gasteiger partial charge in [0, 0.05) is 19.6 Å². The molecular formula is C14H26N2O5. The molecule has 0 spiro atoms. The number of carbonyl (C=O) groups is 2. The van der Waals surface area contributed by atoms with Gasteiger partial charge in [0.2, 0.25) is 0 Å². The molecule has 2 amide bonds. The van der Waals surface area contributed by atoms with Gasteiger partial charge < -0.3 is 25.5 Å². The van der Waals surface area contributed by atoms with Crippen LogP contribution in [0.5, 0.6) is 0 Å². The lowest BCUT2D eigenvalue weighted by Gasteiger charge is -2.30. The molecule has 21 heavy (non-hydrogen) atoms. The Morgan fingerprint density at radius 2 is 1.52 bits per heavy atom. The fourth-order valence-corrected chi connectivity index (χ4v) is 2.78. The molecule has 0 aliphatic heterocycles. The second-order valence-corrected chi connectivity index (χ2v) is 5.59. The van der Waals surface area contributed by atoms with Crippen LogP contribution in [0, 0.1) is 5.41 Å². The monoisotopic (exact) mass is 302 g/mol. The highest BCUT2D eigenvalue weighted by Gasteiger charge is 2.39. The van der Waals surface area contributed by atoms with E-state index in [9.17, 15) is 14.7 Å². The molecule has 1 saturated carbocycles. The maximum Gasteiger partial charge on any atom is 0.317 e. The van der Waals surface area contributed by atoms with Crippen LogP contribution < -0.4 is 5.32 Å². The highest BCUT2D eigenvalue weighted by molar-refractivity contribution is 5.78. The first kappa shape index (κ1) is 17.7. The summed E-state index contributed by atoms with van der Waals surface area (Å²) >= 11 is 0. The standard InChI is InChI=1S/C14H26N2O5/c17-9-7-16(8-10-18)13(21)15-11-14(12(19)20)5-3-1-2-4-6-14/h17-18H,1-11H2,(H,15,21)(H,19,20). The van der Waals surface area contributed by atoms with Crippen molar-refractivity contribution in [1.82, 2.24) is 10.2 Å². The summed E-state index contributed by atoms with van der Waals surface area (Å²) in [5.74, 6) is -0.861. The molecule has 1 aliphatic rings. The van der Waals surface area contributed by atoms with Crippen molar-refractivity contribution in [2.45, 2.75) is 38.5 Å². The zero-order valence-electron chi connectivity index (χ0n) is 12.4. The molecule has 0 atom stereocenters. The zero-order valence-corrected chi connectivity index (χ0v) is 12.4. The Morgan fingerprint density at radius 3 is 1.95 bits per heavy atom. The molecule has 7 heteroatoms. The number of nitrogens with zero attached hydrogens (tertiary/aromatic N) is 1. The highest BCUT2D eigenvalue weighted by Crippen LogP contribution is 2.34. The minimum atomic E-state index is -0.893. The molecule has 0 heterocycles. The third kappa shape index (κ3) is 5.17. The van der Waals surface area contributed by atoms with Crippen LogP contribution in [-0.2, 0) is 4.79 Å². The Kier molecular flexibility index (Phi) is 7.45. The Bertz CT molecular complexity index is 334. The van der Waals surface area contributed by atoms with Gasteiger partial charge >= 0.3 is 12.0 Å². The van der Waals surface area contributed by atoms with E-state index in [1.54, 1.807) is 0 Å². The maximum atomic E-state index is 12.0. The van der Waals surface area contributed by atoms with Crippen molar-refractivity contribution >= 4 is 12.0 Å². The third-order valence-corrected chi connectivity index (χ3v) is 4.12. The Hall–Kier alpha value is -1.34. The summed E-state index contributed by atoms with van der Waals surface area (Å²) in [5, 5.41) is 30.0. The van der Waals surface area contributed by atoms with Gasteiger partial charge in [0.1, 0.15) is 0 Å². The van der Waals surface area contributed by atoms with Gasteiger partial charge in [-0.2, -0.15) is 0 Å². The van der Waals surface area contributed by atoms with Crippen LogP contribution in [0.3, 0.4) is 0 Å². The lowest BCUT2D eigenvalue weighted by atomic mass is 9.80. The van der Waals surface area contributed by atoms with Gasteiger partial charge in [-0.3, -0.25) is 4.79 Å². The van der Waals surface area contributed by atoms with Crippen LogP contribution in [0.1, 0.15) is 38.5 Å². The summed E-state index contributed by atoms with van der Waals surface area (Å²) in [6, 6.07) is -0.442. The van der Waals surface area contributed by atoms with Crippen molar-refractivity contribution in [2.75, 3.05) is 32.8 Å². The first-order valence-electron chi connectivity index (χ1n) is 7.53. The minimum Gasteiger partial charge on any atom is -0.481 e. The summed E-state index contributed by atoms with van der Waals surface area (Å²) in [7, 11) is 0. The maximum absolute atomic E-state index is 12.0. The van der Waals surface area contributed by atoms with E-state index in [0.717, 1.165) is 25.7 Å². The number of amides is 2. The topological polar surface area (TPSA) is 110 Å². The van der Waals surface area contributed by atoms with Crippen molar-refractivity contribution in [3.8, 4) is 0 Å². The van der Waals surface area contributed by atoms with E-state index in [2.05, 4.69) is 5.32 Å². The van der Waals surface area contributed by atoms with Crippen LogP contribution in [0.2, 0.25) is 0 Å². The number of carbonyl (C=O) groups excluding carboxylic acids is 1. The van der Waals surface area contributed by atoms with E-state index in [0.29, 0.717) is 12.8 Å². The SMILES string of the molecule is O=C(NCC1(C(=O)O)CCCCCC1)N(CCO)CCO. The number of carboxylic acids is 1. The molecule has 1 fully saturated rings. The number of hydrogen-bond donors (Lipinski definition) is 4. The highest BCUT2D eigenvalue weighted by atomic mass is 16.4. The fraction of sp³-hybridized carbons (Fsp3) is 0.857. The second kappa shape index (κ2) is 8.84. The van der Waals surface area contributed by atoms with E-state index in [1.165, 1.54) is 4.90 Å². The minimum absolute atomic E-state index is 0.0918. The summed E-state index contributed by atoms with van der Waals surface area (Å²) in [4.78, 5) is 24.9. The first-order chi connectivity index (χ1) is 10.1. The molecule has 0 aromatic heterocycles. The normalized spacial score (nSPS) is 17.8. The first-order valence-corrected chi connectivity index (χ1v) is 7.53. The molecule has 0 bridgehead atoms. The van der Waals surface area contributed by atoms with Gasteiger partial charge in [-0.1, -0.05) is 25.7 Å². The van der Waals surface area contributed by atoms with Gasteiger partial charge in [0.25, 0.3) is 0 Å². The van der Waals surface area contributed by atoms with E-state index in [1.807, 2.05) is 0 Å². The summed E-state index contributed by atoms with van der Waals surface area (Å²) < 4.78 is 0. The van der Waals surface area contributed by atoms with E-state index in [-0.39, 0.29) is 32.8 Å². The van der Waals surface area contributed by atoms with E-state index in [4.69, 9.17) is 10.2 Å². The molecule has 0 saturated heterocycles. The van der Waals surface area contributed by atoms with Crippen molar-refractivity contribution in [3.63, 3.8) is 0 Å². The molecule has 0 aromatic carbocycles. The van der Waals surface area contributed by atoms with Crippen molar-refractivity contribution < 1.29 is 24.9 Å². The lowest BCUT2D eigenvalue weighted by Crippen LogP contribution is -2.49. The number of carboxylic acid groups (broad SMARTS) is 1. The molecule has 122 valence electrons. The summed E-state index contributed by atoms with van der Waals surface area (Å²) in [5.41, 5.74) is -0.893. The lowest BCUT2D eigenvalue weighted by molar-refractivity contribution is -0.149. The van der Waals surface area contributed by atoms with Crippen molar-refractivity contribution in [3.05, 3.63) is 0 Å². The van der Waals surface area contributed by atoms with Gasteiger partial charge in [0.05, 0.1) is 18.6 Å². The average Bonchev–Trinajstić information content (AvgIpc) is 2.71. The molecule has 1 aliphatic carbocycles. The second-order valence-electron chi connectivity index (χ2n) is 5.59. The Labute approximate surface area is 124 Å². The van der Waals surface area contributed by atoms with E-state index < -0.39 is 17.4 Å².